The van der Waals surface area contributed by atoms with Crippen LogP contribution in [0.15, 0.2) is 53.1 Å². The van der Waals surface area contributed by atoms with Gasteiger partial charge >= 0.3 is 0 Å². The van der Waals surface area contributed by atoms with Crippen molar-refractivity contribution in [2.45, 2.75) is 26.9 Å². The van der Waals surface area contributed by atoms with Crippen molar-refractivity contribution in [3.63, 3.8) is 0 Å². The van der Waals surface area contributed by atoms with Crippen LogP contribution in [-0.4, -0.2) is 19.0 Å². The molecule has 0 aromatic heterocycles. The molecule has 100 valence electrons. The molecule has 2 atom stereocenters. The summed E-state index contributed by atoms with van der Waals surface area (Å²) in [5.41, 5.74) is 4.24. The molecule has 0 saturated carbocycles. The highest BCUT2D eigenvalue weighted by atomic mass is 16.5. The third kappa shape index (κ3) is 2.54. The Hall–Kier alpha value is -1.67. The predicted molar refractivity (Wildman–Crippen MR) is 77.2 cm³/mol. The zero-order chi connectivity index (χ0) is 14.0. The van der Waals surface area contributed by atoms with Crippen molar-refractivity contribution in [2.75, 3.05) is 7.11 Å². The average molecular weight is 256 g/mol. The maximum absolute atomic E-state index is 12.5. The molecule has 0 N–H and O–H groups in total. The van der Waals surface area contributed by atoms with Crippen LogP contribution in [0, 0.1) is 5.92 Å². The molecule has 0 spiro atoms. The molecule has 1 aliphatic rings. The van der Waals surface area contributed by atoms with Gasteiger partial charge in [0.1, 0.15) is 0 Å². The van der Waals surface area contributed by atoms with Gasteiger partial charge in [0.05, 0.1) is 6.10 Å². The summed E-state index contributed by atoms with van der Waals surface area (Å²) in [5.74, 6) is 0.00106. The lowest BCUT2D eigenvalue weighted by Crippen LogP contribution is -2.22. The van der Waals surface area contributed by atoms with Crippen molar-refractivity contribution in [1.82, 2.24) is 0 Å². The van der Waals surface area contributed by atoms with Gasteiger partial charge in [0, 0.05) is 18.6 Å². The number of ketones is 1. The molecule has 0 radical (unpaired) electrons. The zero-order valence-corrected chi connectivity index (χ0v) is 11.9. The summed E-state index contributed by atoms with van der Waals surface area (Å²) < 4.78 is 5.49. The monoisotopic (exact) mass is 256 g/mol. The van der Waals surface area contributed by atoms with E-state index < -0.39 is 0 Å². The summed E-state index contributed by atoms with van der Waals surface area (Å²) in [7, 11) is 1.69. The normalized spacial score (nSPS) is 20.4. The first-order valence-corrected chi connectivity index (χ1v) is 6.57. The van der Waals surface area contributed by atoms with Crippen LogP contribution >= 0.6 is 0 Å². The topological polar surface area (TPSA) is 26.3 Å². The Balaban J connectivity index is 2.30. The fraction of sp³-hybridized carbons (Fsp3) is 0.353. The van der Waals surface area contributed by atoms with E-state index in [9.17, 15) is 4.79 Å². The van der Waals surface area contributed by atoms with Gasteiger partial charge in [0.2, 0.25) is 0 Å². The van der Waals surface area contributed by atoms with Crippen molar-refractivity contribution >= 4 is 5.78 Å². The number of benzene rings is 1. The average Bonchev–Trinajstić information content (AvgIpc) is 2.73. The Morgan fingerprint density at radius 1 is 1.21 bits per heavy atom. The quantitative estimate of drug-likeness (QED) is 0.766. The van der Waals surface area contributed by atoms with Crippen molar-refractivity contribution in [3.8, 4) is 0 Å². The first-order valence-electron chi connectivity index (χ1n) is 6.57. The fourth-order valence-corrected chi connectivity index (χ4v) is 2.64. The summed E-state index contributed by atoms with van der Waals surface area (Å²) in [6.45, 7) is 6.09. The molecule has 0 aliphatic heterocycles. The lowest BCUT2D eigenvalue weighted by molar-refractivity contribution is 0.0921. The lowest BCUT2D eigenvalue weighted by atomic mass is 9.88. The van der Waals surface area contributed by atoms with Gasteiger partial charge in [-0.1, -0.05) is 37.3 Å². The van der Waals surface area contributed by atoms with Crippen LogP contribution in [0.2, 0.25) is 0 Å². The van der Waals surface area contributed by atoms with Crippen molar-refractivity contribution in [2.24, 2.45) is 5.92 Å². The summed E-state index contributed by atoms with van der Waals surface area (Å²) in [6, 6.07) is 9.45. The number of methoxy groups -OCH3 is 1. The van der Waals surface area contributed by atoms with Gasteiger partial charge in [0.15, 0.2) is 5.78 Å². The standard InChI is InChI=1S/C17H20O2/c1-11-10-15(19-4)16(12(11)2)13(3)17(18)14-8-6-5-7-9-14/h5-10,13,15H,1-4H3. The number of rotatable bonds is 4. The third-order valence-electron chi connectivity index (χ3n) is 3.90. The second-order valence-electron chi connectivity index (χ2n) is 5.04. The first-order chi connectivity index (χ1) is 9.06. The second-order valence-corrected chi connectivity index (χ2v) is 5.04. The molecule has 0 amide bonds. The van der Waals surface area contributed by atoms with E-state index in [1.54, 1.807) is 7.11 Å². The van der Waals surface area contributed by atoms with Gasteiger partial charge in [-0.2, -0.15) is 0 Å². The number of hydrogen-bond acceptors (Lipinski definition) is 2. The van der Waals surface area contributed by atoms with E-state index in [0.717, 1.165) is 11.1 Å². The smallest absolute Gasteiger partial charge is 0.169 e. The van der Waals surface area contributed by atoms with Gasteiger partial charge < -0.3 is 4.74 Å². The molecule has 2 unspecified atom stereocenters. The molecule has 0 fully saturated rings. The van der Waals surface area contributed by atoms with E-state index in [0.29, 0.717) is 0 Å². The van der Waals surface area contributed by atoms with Crippen LogP contribution < -0.4 is 0 Å². The van der Waals surface area contributed by atoms with E-state index in [2.05, 4.69) is 19.9 Å². The van der Waals surface area contributed by atoms with Crippen LogP contribution in [0.5, 0.6) is 0 Å². The minimum Gasteiger partial charge on any atom is -0.373 e. The summed E-state index contributed by atoms with van der Waals surface area (Å²) in [4.78, 5) is 12.5. The van der Waals surface area contributed by atoms with E-state index in [1.165, 1.54) is 11.1 Å². The molecule has 2 nitrogen and oxygen atoms in total. The maximum Gasteiger partial charge on any atom is 0.169 e. The lowest BCUT2D eigenvalue weighted by Gasteiger charge is -2.19. The van der Waals surface area contributed by atoms with Gasteiger partial charge in [-0.3, -0.25) is 4.79 Å². The Bertz CT molecular complexity index is 538. The molecular formula is C17H20O2. The molecule has 1 aromatic rings. The van der Waals surface area contributed by atoms with Crippen molar-refractivity contribution in [1.29, 1.82) is 0 Å². The SMILES string of the molecule is COC1C=C(C)C(C)=C1C(C)C(=O)c1ccccc1. The highest BCUT2D eigenvalue weighted by molar-refractivity contribution is 5.99. The van der Waals surface area contributed by atoms with Crippen LogP contribution in [0.25, 0.3) is 0 Å². The number of hydrogen-bond donors (Lipinski definition) is 0. The minimum absolute atomic E-state index is 0.0670. The van der Waals surface area contributed by atoms with Gasteiger partial charge in [0.25, 0.3) is 0 Å². The molecule has 2 rings (SSSR count). The van der Waals surface area contributed by atoms with E-state index in [1.807, 2.05) is 37.3 Å². The third-order valence-corrected chi connectivity index (χ3v) is 3.90. The molecule has 0 saturated heterocycles. The fourth-order valence-electron chi connectivity index (χ4n) is 2.64. The molecule has 1 aromatic carbocycles. The molecule has 0 heterocycles. The number of allylic oxidation sites excluding steroid dienone is 2. The van der Waals surface area contributed by atoms with E-state index >= 15 is 0 Å². The van der Waals surface area contributed by atoms with Crippen molar-refractivity contribution < 1.29 is 9.53 Å². The largest absolute Gasteiger partial charge is 0.373 e. The van der Waals surface area contributed by atoms with Crippen LogP contribution in [0.3, 0.4) is 0 Å². The van der Waals surface area contributed by atoms with E-state index in [4.69, 9.17) is 4.74 Å². The van der Waals surface area contributed by atoms with Gasteiger partial charge in [-0.15, -0.1) is 0 Å². The molecular weight excluding hydrogens is 236 g/mol. The molecule has 19 heavy (non-hydrogen) atoms. The Morgan fingerprint density at radius 3 is 2.42 bits per heavy atom. The maximum atomic E-state index is 12.5. The number of carbonyl (C=O) groups excluding carboxylic acids is 1. The molecule has 2 heteroatoms. The van der Waals surface area contributed by atoms with Gasteiger partial charge in [-0.05, 0) is 36.6 Å². The second kappa shape index (κ2) is 5.54. The Kier molecular flexibility index (Phi) is 4.01. The summed E-state index contributed by atoms with van der Waals surface area (Å²) in [6.07, 6.45) is 2.02. The predicted octanol–water partition coefficient (Wildman–Crippen LogP) is 3.80. The molecule has 0 bridgehead atoms. The minimum atomic E-state index is -0.152. The summed E-state index contributed by atoms with van der Waals surface area (Å²) >= 11 is 0. The summed E-state index contributed by atoms with van der Waals surface area (Å²) in [5, 5.41) is 0. The number of carbonyl (C=O) groups is 1. The van der Waals surface area contributed by atoms with Crippen LogP contribution in [0.4, 0.5) is 0 Å². The first kappa shape index (κ1) is 13.8. The number of ether oxygens (including phenoxy) is 1. The number of Topliss-reactive ketones (excluding diaryl/α,β-unsaturated/α-hetero) is 1. The van der Waals surface area contributed by atoms with Crippen LogP contribution in [-0.2, 0) is 4.74 Å². The van der Waals surface area contributed by atoms with Crippen LogP contribution in [0.1, 0.15) is 31.1 Å². The zero-order valence-electron chi connectivity index (χ0n) is 11.9. The highest BCUT2D eigenvalue weighted by Crippen LogP contribution is 2.34. The highest BCUT2D eigenvalue weighted by Gasteiger charge is 2.30. The van der Waals surface area contributed by atoms with Crippen molar-refractivity contribution in [3.05, 3.63) is 58.7 Å². The van der Waals surface area contributed by atoms with Gasteiger partial charge in [-0.25, -0.2) is 0 Å². The molecule has 1 aliphatic carbocycles. The van der Waals surface area contributed by atoms with E-state index in [-0.39, 0.29) is 17.8 Å². The Morgan fingerprint density at radius 2 is 1.84 bits per heavy atom. The Labute approximate surface area is 114 Å².